The molecule has 0 spiro atoms. The molecule has 1 aromatic heterocycles. The fraction of sp³-hybridized carbons (Fsp3) is 0.571. The van der Waals surface area contributed by atoms with E-state index in [1.165, 1.54) is 38.5 Å². The number of benzene rings is 1. The van der Waals surface area contributed by atoms with Crippen molar-refractivity contribution >= 4 is 30.1 Å². The van der Waals surface area contributed by atoms with Gasteiger partial charge in [0.05, 0.1) is 5.56 Å². The number of hydrogen-bond donors (Lipinski definition) is 2. The molecular formula is C21H27BN2O2. The van der Waals surface area contributed by atoms with Crippen molar-refractivity contribution < 1.29 is 9.90 Å². The lowest BCUT2D eigenvalue weighted by Gasteiger charge is -2.46. The highest BCUT2D eigenvalue weighted by atomic mass is 16.3. The van der Waals surface area contributed by atoms with Gasteiger partial charge in [-0.15, -0.1) is 0 Å². The van der Waals surface area contributed by atoms with E-state index in [4.69, 9.17) is 13.0 Å². The summed E-state index contributed by atoms with van der Waals surface area (Å²) < 4.78 is 2.03. The third-order valence-corrected chi connectivity index (χ3v) is 6.61. The Balaban J connectivity index is 1.56. The maximum atomic E-state index is 13.0. The summed E-state index contributed by atoms with van der Waals surface area (Å²) in [5.41, 5.74) is 2.55. The first kappa shape index (κ1) is 17.7. The van der Waals surface area contributed by atoms with E-state index in [1.807, 2.05) is 29.0 Å². The van der Waals surface area contributed by atoms with E-state index in [1.54, 1.807) is 0 Å². The average molecular weight is 350 g/mol. The second kappa shape index (κ2) is 7.11. The van der Waals surface area contributed by atoms with E-state index in [9.17, 15) is 4.79 Å². The lowest BCUT2D eigenvalue weighted by molar-refractivity contribution is 0.0598. The maximum absolute atomic E-state index is 13.0. The van der Waals surface area contributed by atoms with Crippen LogP contribution in [0.1, 0.15) is 55.3 Å². The van der Waals surface area contributed by atoms with Gasteiger partial charge < -0.3 is 15.0 Å². The summed E-state index contributed by atoms with van der Waals surface area (Å²) in [6, 6.07) is 5.74. The van der Waals surface area contributed by atoms with Gasteiger partial charge in [0.2, 0.25) is 0 Å². The van der Waals surface area contributed by atoms with Crippen LogP contribution >= 0.6 is 0 Å². The fourth-order valence-electron chi connectivity index (χ4n) is 4.95. The number of hydrogen-bond acceptors (Lipinski definition) is 2. The number of aryl methyl sites for hydroxylation is 1. The molecule has 1 amide bonds. The average Bonchev–Trinajstić information content (AvgIpc) is 3.06. The van der Waals surface area contributed by atoms with Crippen LogP contribution in [0.4, 0.5) is 0 Å². The Hall–Kier alpha value is -1.75. The Morgan fingerprint density at radius 3 is 2.69 bits per heavy atom. The minimum Gasteiger partial charge on any atom is -0.396 e. The highest BCUT2D eigenvalue weighted by Gasteiger charge is 2.40. The summed E-state index contributed by atoms with van der Waals surface area (Å²) in [6.45, 7) is 1.58. The SMILES string of the molecule is [B]c1cccc2c1c(C(=O)NCC13CCC(CC1)CC3)cn2CCCO. The zero-order chi connectivity index (χ0) is 18.1. The number of aliphatic hydroxyl groups is 1. The number of amides is 1. The van der Waals surface area contributed by atoms with Crippen molar-refractivity contribution in [2.24, 2.45) is 11.3 Å². The van der Waals surface area contributed by atoms with Crippen LogP contribution in [0.3, 0.4) is 0 Å². The van der Waals surface area contributed by atoms with Gasteiger partial charge in [0.1, 0.15) is 7.85 Å². The van der Waals surface area contributed by atoms with Crippen molar-refractivity contribution in [1.29, 1.82) is 0 Å². The molecule has 2 N–H and O–H groups in total. The number of aromatic nitrogens is 1. The molecule has 4 nitrogen and oxygen atoms in total. The molecule has 26 heavy (non-hydrogen) atoms. The smallest absolute Gasteiger partial charge is 0.253 e. The molecule has 0 unspecified atom stereocenters. The number of carbonyl (C=O) groups excluding carboxylic acids is 1. The summed E-state index contributed by atoms with van der Waals surface area (Å²) in [6.07, 6.45) is 10.3. The predicted molar refractivity (Wildman–Crippen MR) is 105 cm³/mol. The highest BCUT2D eigenvalue weighted by molar-refractivity contribution is 6.40. The zero-order valence-electron chi connectivity index (χ0n) is 15.3. The molecular weight excluding hydrogens is 323 g/mol. The van der Waals surface area contributed by atoms with Crippen LogP contribution in [-0.2, 0) is 6.54 Å². The van der Waals surface area contributed by atoms with Gasteiger partial charge in [0, 0.05) is 36.8 Å². The molecule has 3 aliphatic rings. The molecule has 0 aliphatic heterocycles. The first-order valence-corrected chi connectivity index (χ1v) is 9.88. The van der Waals surface area contributed by atoms with E-state index in [0.717, 1.165) is 23.4 Å². The summed E-state index contributed by atoms with van der Waals surface area (Å²) >= 11 is 0. The van der Waals surface area contributed by atoms with Crippen LogP contribution in [-0.4, -0.2) is 36.6 Å². The maximum Gasteiger partial charge on any atom is 0.253 e. The van der Waals surface area contributed by atoms with Crippen molar-refractivity contribution in [3.63, 3.8) is 0 Å². The van der Waals surface area contributed by atoms with Crippen LogP contribution in [0.25, 0.3) is 10.9 Å². The predicted octanol–water partition coefficient (Wildman–Crippen LogP) is 2.52. The monoisotopic (exact) mass is 350 g/mol. The van der Waals surface area contributed by atoms with Crippen LogP contribution in [0.2, 0.25) is 0 Å². The normalized spacial score (nSPS) is 24.9. The first-order valence-electron chi connectivity index (χ1n) is 9.88. The van der Waals surface area contributed by atoms with Crippen molar-refractivity contribution in [3.8, 4) is 0 Å². The number of carbonyl (C=O) groups is 1. The van der Waals surface area contributed by atoms with Crippen LogP contribution in [0, 0.1) is 11.3 Å². The zero-order valence-corrected chi connectivity index (χ0v) is 15.3. The molecule has 3 saturated carbocycles. The third kappa shape index (κ3) is 3.18. The molecule has 5 heteroatoms. The minimum absolute atomic E-state index is 0.0299. The van der Waals surface area contributed by atoms with E-state index in [0.29, 0.717) is 29.4 Å². The first-order chi connectivity index (χ1) is 12.6. The Bertz CT molecular complexity index is 792. The largest absolute Gasteiger partial charge is 0.396 e. The molecule has 5 rings (SSSR count). The molecule has 3 fully saturated rings. The summed E-state index contributed by atoms with van der Waals surface area (Å²) in [7, 11) is 6.19. The van der Waals surface area contributed by atoms with E-state index < -0.39 is 0 Å². The second-order valence-corrected chi connectivity index (χ2v) is 8.22. The molecule has 0 saturated heterocycles. The standard InChI is InChI=1S/C21H27BN2O2/c22-17-3-1-4-18-19(17)16(13-24(18)11-2-12-25)20(26)23-14-21-8-5-15(6-9-21)7-10-21/h1,3-4,13,15,25H,2,5-12,14H2,(H,23,26). The van der Waals surface area contributed by atoms with Crippen LogP contribution in [0.15, 0.2) is 24.4 Å². The lowest BCUT2D eigenvalue weighted by Crippen LogP contribution is -2.43. The third-order valence-electron chi connectivity index (χ3n) is 6.61. The molecule has 0 atom stereocenters. The molecule has 2 radical (unpaired) electrons. The minimum atomic E-state index is -0.0299. The van der Waals surface area contributed by atoms with Crippen LogP contribution in [0.5, 0.6) is 0 Å². The quantitative estimate of drug-likeness (QED) is 0.787. The Morgan fingerprint density at radius 2 is 2.00 bits per heavy atom. The van der Waals surface area contributed by atoms with Gasteiger partial charge in [-0.2, -0.15) is 0 Å². The van der Waals surface area contributed by atoms with Crippen LogP contribution < -0.4 is 10.8 Å². The van der Waals surface area contributed by atoms with E-state index >= 15 is 0 Å². The second-order valence-electron chi connectivity index (χ2n) is 8.22. The van der Waals surface area contributed by atoms with Crippen molar-refractivity contribution in [3.05, 3.63) is 30.0 Å². The van der Waals surface area contributed by atoms with Gasteiger partial charge in [-0.25, -0.2) is 0 Å². The van der Waals surface area contributed by atoms with Gasteiger partial charge in [-0.3, -0.25) is 4.79 Å². The number of nitrogens with one attached hydrogen (secondary N) is 1. The number of nitrogens with zero attached hydrogens (tertiary/aromatic N) is 1. The molecule has 136 valence electrons. The number of aliphatic hydroxyl groups excluding tert-OH is 1. The lowest BCUT2D eigenvalue weighted by atomic mass is 9.61. The van der Waals surface area contributed by atoms with E-state index in [-0.39, 0.29) is 12.5 Å². The Kier molecular flexibility index (Phi) is 4.83. The molecule has 1 aromatic carbocycles. The van der Waals surface area contributed by atoms with Gasteiger partial charge in [0.15, 0.2) is 0 Å². The van der Waals surface area contributed by atoms with Gasteiger partial charge in [-0.1, -0.05) is 17.6 Å². The topological polar surface area (TPSA) is 54.3 Å². The number of fused-ring (bicyclic) bond motifs is 4. The Labute approximate surface area is 156 Å². The van der Waals surface area contributed by atoms with Crippen molar-refractivity contribution in [1.82, 2.24) is 9.88 Å². The molecule has 3 aliphatic carbocycles. The molecule has 1 heterocycles. The Morgan fingerprint density at radius 1 is 1.27 bits per heavy atom. The van der Waals surface area contributed by atoms with E-state index in [2.05, 4.69) is 5.32 Å². The summed E-state index contributed by atoms with van der Waals surface area (Å²) in [5, 5.41) is 13.2. The summed E-state index contributed by atoms with van der Waals surface area (Å²) in [5.74, 6) is 0.898. The fourth-order valence-corrected chi connectivity index (χ4v) is 4.95. The molecule has 2 aromatic rings. The molecule has 2 bridgehead atoms. The van der Waals surface area contributed by atoms with Gasteiger partial charge in [0.25, 0.3) is 5.91 Å². The number of rotatable bonds is 6. The van der Waals surface area contributed by atoms with Gasteiger partial charge in [-0.05, 0) is 62.3 Å². The summed E-state index contributed by atoms with van der Waals surface area (Å²) in [4.78, 5) is 13.0. The van der Waals surface area contributed by atoms with Crippen molar-refractivity contribution in [2.45, 2.75) is 51.5 Å². The van der Waals surface area contributed by atoms with Gasteiger partial charge >= 0.3 is 0 Å². The van der Waals surface area contributed by atoms with Crippen molar-refractivity contribution in [2.75, 3.05) is 13.2 Å². The highest BCUT2D eigenvalue weighted by Crippen LogP contribution is 2.49.